The van der Waals surface area contributed by atoms with Crippen LogP contribution in [0.1, 0.15) is 6.42 Å². The van der Waals surface area contributed by atoms with Crippen LogP contribution < -0.4 is 4.90 Å². The van der Waals surface area contributed by atoms with Gasteiger partial charge in [0.25, 0.3) is 5.91 Å². The van der Waals surface area contributed by atoms with E-state index in [4.69, 9.17) is 0 Å². The van der Waals surface area contributed by atoms with Gasteiger partial charge in [-0.25, -0.2) is 22.5 Å². The van der Waals surface area contributed by atoms with Crippen molar-refractivity contribution in [3.8, 4) is 0 Å². The standard InChI is InChI=1S/C13H13FN2O4S/c14-9-1-3-10(4-2-9)16-12(17)7-15(13(16)18)11-5-6-21(19,20)8-11/h1-4,11H,5-8H2. The molecule has 2 aliphatic rings. The Morgan fingerprint density at radius 2 is 1.81 bits per heavy atom. The summed E-state index contributed by atoms with van der Waals surface area (Å²) in [5, 5.41) is 0. The van der Waals surface area contributed by atoms with E-state index >= 15 is 0 Å². The zero-order valence-corrected chi connectivity index (χ0v) is 11.8. The van der Waals surface area contributed by atoms with Crippen LogP contribution in [0.25, 0.3) is 0 Å². The van der Waals surface area contributed by atoms with Gasteiger partial charge in [0.2, 0.25) is 0 Å². The molecule has 3 rings (SSSR count). The van der Waals surface area contributed by atoms with E-state index in [1.165, 1.54) is 29.2 Å². The van der Waals surface area contributed by atoms with Gasteiger partial charge in [-0.1, -0.05) is 0 Å². The second-order valence-corrected chi connectivity index (χ2v) is 7.40. The summed E-state index contributed by atoms with van der Waals surface area (Å²) in [5.41, 5.74) is 0.287. The largest absolute Gasteiger partial charge is 0.332 e. The van der Waals surface area contributed by atoms with Crippen LogP contribution in [0.3, 0.4) is 0 Å². The molecule has 8 heteroatoms. The van der Waals surface area contributed by atoms with Crippen molar-refractivity contribution in [2.75, 3.05) is 23.0 Å². The molecule has 0 bridgehead atoms. The van der Waals surface area contributed by atoms with Crippen LogP contribution in [0.2, 0.25) is 0 Å². The van der Waals surface area contributed by atoms with E-state index in [2.05, 4.69) is 0 Å². The van der Waals surface area contributed by atoms with E-state index < -0.39 is 33.6 Å². The molecule has 112 valence electrons. The van der Waals surface area contributed by atoms with E-state index in [1.54, 1.807) is 0 Å². The number of benzene rings is 1. The Kier molecular flexibility index (Phi) is 3.20. The minimum absolute atomic E-state index is 0.0339. The molecule has 21 heavy (non-hydrogen) atoms. The van der Waals surface area contributed by atoms with Gasteiger partial charge in [0.15, 0.2) is 9.84 Å². The normalized spacial score (nSPS) is 24.9. The third kappa shape index (κ3) is 2.51. The van der Waals surface area contributed by atoms with E-state index in [-0.39, 0.29) is 23.7 Å². The molecule has 3 amide bonds. The highest BCUT2D eigenvalue weighted by atomic mass is 32.2. The Balaban J connectivity index is 1.84. The van der Waals surface area contributed by atoms with Gasteiger partial charge in [-0.3, -0.25) is 4.79 Å². The van der Waals surface area contributed by atoms with Crippen molar-refractivity contribution in [3.63, 3.8) is 0 Å². The van der Waals surface area contributed by atoms with Crippen molar-refractivity contribution in [3.05, 3.63) is 30.1 Å². The van der Waals surface area contributed by atoms with Gasteiger partial charge in [0, 0.05) is 6.04 Å². The fourth-order valence-corrected chi connectivity index (χ4v) is 4.40. The summed E-state index contributed by atoms with van der Waals surface area (Å²) in [5.74, 6) is -0.970. The van der Waals surface area contributed by atoms with Gasteiger partial charge >= 0.3 is 6.03 Å². The summed E-state index contributed by atoms with van der Waals surface area (Å²) in [7, 11) is -3.13. The number of nitrogens with zero attached hydrogens (tertiary/aromatic N) is 2. The molecule has 0 aromatic heterocycles. The van der Waals surface area contributed by atoms with Crippen LogP contribution in [0.15, 0.2) is 24.3 Å². The first-order chi connectivity index (χ1) is 9.87. The third-order valence-corrected chi connectivity index (χ3v) is 5.48. The highest BCUT2D eigenvalue weighted by Crippen LogP contribution is 2.26. The first-order valence-electron chi connectivity index (χ1n) is 6.47. The van der Waals surface area contributed by atoms with Crippen LogP contribution in [0.4, 0.5) is 14.9 Å². The Hall–Kier alpha value is -1.96. The molecule has 1 aromatic carbocycles. The number of imide groups is 1. The van der Waals surface area contributed by atoms with E-state index in [0.29, 0.717) is 6.42 Å². The predicted molar refractivity (Wildman–Crippen MR) is 73.0 cm³/mol. The first kappa shape index (κ1) is 14.0. The minimum atomic E-state index is -3.13. The number of urea groups is 1. The summed E-state index contributed by atoms with van der Waals surface area (Å²) in [4.78, 5) is 26.6. The lowest BCUT2D eigenvalue weighted by Crippen LogP contribution is -2.40. The van der Waals surface area contributed by atoms with Gasteiger partial charge < -0.3 is 4.90 Å². The van der Waals surface area contributed by atoms with Gasteiger partial charge in [-0.15, -0.1) is 0 Å². The predicted octanol–water partition coefficient (Wildman–Crippen LogP) is 0.781. The summed E-state index contributed by atoms with van der Waals surface area (Å²) >= 11 is 0. The van der Waals surface area contributed by atoms with Gasteiger partial charge in [-0.05, 0) is 30.7 Å². The molecule has 2 heterocycles. The molecule has 1 atom stereocenters. The quantitative estimate of drug-likeness (QED) is 0.756. The Morgan fingerprint density at radius 3 is 2.38 bits per heavy atom. The number of hydrogen-bond acceptors (Lipinski definition) is 4. The highest BCUT2D eigenvalue weighted by molar-refractivity contribution is 7.91. The van der Waals surface area contributed by atoms with Gasteiger partial charge in [0.05, 0.1) is 17.2 Å². The molecule has 0 aliphatic carbocycles. The molecule has 0 spiro atoms. The number of sulfone groups is 1. The molecule has 1 unspecified atom stereocenters. The average Bonchev–Trinajstić information content (AvgIpc) is 2.91. The topological polar surface area (TPSA) is 74.8 Å². The molecule has 2 saturated heterocycles. The molecule has 1 aromatic rings. The average molecular weight is 312 g/mol. The lowest BCUT2D eigenvalue weighted by Gasteiger charge is -2.22. The maximum absolute atomic E-state index is 12.9. The van der Waals surface area contributed by atoms with Crippen molar-refractivity contribution in [1.29, 1.82) is 0 Å². The number of amides is 3. The Bertz CT molecular complexity index is 701. The van der Waals surface area contributed by atoms with Crippen LogP contribution in [0, 0.1) is 5.82 Å². The van der Waals surface area contributed by atoms with E-state index in [1.807, 2.05) is 0 Å². The van der Waals surface area contributed by atoms with Crippen molar-refractivity contribution in [1.82, 2.24) is 4.90 Å². The SMILES string of the molecule is O=C1CN(C2CCS(=O)(=O)C2)C(=O)N1c1ccc(F)cc1. The van der Waals surface area contributed by atoms with Crippen molar-refractivity contribution < 1.29 is 22.4 Å². The lowest BCUT2D eigenvalue weighted by molar-refractivity contribution is -0.116. The van der Waals surface area contributed by atoms with E-state index in [9.17, 15) is 22.4 Å². The Labute approximate surface area is 121 Å². The van der Waals surface area contributed by atoms with Gasteiger partial charge in [-0.2, -0.15) is 0 Å². The molecular weight excluding hydrogens is 299 g/mol. The summed E-state index contributed by atoms with van der Waals surface area (Å²) < 4.78 is 35.9. The molecule has 2 aliphatic heterocycles. The number of anilines is 1. The number of rotatable bonds is 2. The monoisotopic (exact) mass is 312 g/mol. The number of carbonyl (C=O) groups excluding carboxylic acids is 2. The third-order valence-electron chi connectivity index (χ3n) is 3.73. The van der Waals surface area contributed by atoms with Crippen molar-refractivity contribution >= 4 is 27.5 Å². The van der Waals surface area contributed by atoms with Crippen LogP contribution >= 0.6 is 0 Å². The Morgan fingerprint density at radius 1 is 1.14 bits per heavy atom. The molecular formula is C13H13FN2O4S. The summed E-state index contributed by atoms with van der Waals surface area (Å²) in [6, 6.07) is 4.02. The van der Waals surface area contributed by atoms with E-state index in [0.717, 1.165) is 4.90 Å². The minimum Gasteiger partial charge on any atom is -0.311 e. The molecule has 0 saturated carbocycles. The zero-order chi connectivity index (χ0) is 15.2. The first-order valence-corrected chi connectivity index (χ1v) is 8.29. The number of carbonyl (C=O) groups is 2. The second kappa shape index (κ2) is 4.80. The number of halogens is 1. The van der Waals surface area contributed by atoms with Crippen LogP contribution in [0.5, 0.6) is 0 Å². The molecule has 0 N–H and O–H groups in total. The van der Waals surface area contributed by atoms with Crippen molar-refractivity contribution in [2.45, 2.75) is 12.5 Å². The lowest BCUT2D eigenvalue weighted by atomic mass is 10.2. The highest BCUT2D eigenvalue weighted by Gasteiger charge is 2.44. The second-order valence-electron chi connectivity index (χ2n) is 5.17. The molecule has 6 nitrogen and oxygen atoms in total. The van der Waals surface area contributed by atoms with Crippen molar-refractivity contribution in [2.24, 2.45) is 0 Å². The number of hydrogen-bond donors (Lipinski definition) is 0. The zero-order valence-electron chi connectivity index (χ0n) is 11.0. The molecule has 2 fully saturated rings. The fraction of sp³-hybridized carbons (Fsp3) is 0.385. The summed E-state index contributed by atoms with van der Waals surface area (Å²) in [6.07, 6.45) is 0.346. The maximum atomic E-state index is 12.9. The van der Waals surface area contributed by atoms with Crippen LogP contribution in [-0.4, -0.2) is 49.3 Å². The maximum Gasteiger partial charge on any atom is 0.332 e. The van der Waals surface area contributed by atoms with Gasteiger partial charge in [0.1, 0.15) is 12.4 Å². The smallest absolute Gasteiger partial charge is 0.311 e. The fourth-order valence-electron chi connectivity index (χ4n) is 2.67. The summed E-state index contributed by atoms with van der Waals surface area (Å²) in [6.45, 7) is -0.142. The van der Waals surface area contributed by atoms with Crippen LogP contribution in [-0.2, 0) is 14.6 Å². The molecule has 0 radical (unpaired) electrons.